The largest absolute Gasteiger partial charge is 0.379 e. The summed E-state index contributed by atoms with van der Waals surface area (Å²) >= 11 is 0. The predicted octanol–water partition coefficient (Wildman–Crippen LogP) is 1.70. The Morgan fingerprint density at radius 2 is 2.26 bits per heavy atom. The molecule has 2 N–H and O–H groups in total. The van der Waals surface area contributed by atoms with Gasteiger partial charge in [-0.3, -0.25) is 4.79 Å². The van der Waals surface area contributed by atoms with Crippen LogP contribution in [0.4, 0.5) is 10.1 Å². The highest BCUT2D eigenvalue weighted by atomic mass is 19.1. The summed E-state index contributed by atoms with van der Waals surface area (Å²) in [5.41, 5.74) is 1.04. The zero-order valence-electron chi connectivity index (χ0n) is 11.2. The second kappa shape index (κ2) is 6.12. The number of carbonyl (C=O) groups excluding carboxylic acids is 1. The minimum absolute atomic E-state index is 0.00138. The minimum Gasteiger partial charge on any atom is -0.379 e. The maximum Gasteiger partial charge on any atom is 0.231 e. The Kier molecular flexibility index (Phi) is 4.50. The lowest BCUT2D eigenvalue weighted by atomic mass is 10.0. The van der Waals surface area contributed by atoms with E-state index in [0.29, 0.717) is 13.2 Å². The quantitative estimate of drug-likeness (QED) is 0.872. The molecule has 1 fully saturated rings. The Morgan fingerprint density at radius 3 is 2.95 bits per heavy atom. The fourth-order valence-corrected chi connectivity index (χ4v) is 2.22. The van der Waals surface area contributed by atoms with Crippen LogP contribution in [-0.2, 0) is 9.53 Å². The van der Waals surface area contributed by atoms with Crippen LogP contribution in [0.5, 0.6) is 0 Å². The van der Waals surface area contributed by atoms with E-state index in [9.17, 15) is 9.18 Å². The van der Waals surface area contributed by atoms with Crippen molar-refractivity contribution < 1.29 is 13.9 Å². The molecule has 1 aliphatic rings. The van der Waals surface area contributed by atoms with Crippen molar-refractivity contribution in [1.82, 2.24) is 5.32 Å². The molecule has 1 saturated heterocycles. The van der Waals surface area contributed by atoms with Crippen LogP contribution in [0, 0.1) is 18.7 Å². The predicted molar refractivity (Wildman–Crippen MR) is 71.5 cm³/mol. The molecule has 0 aromatic heterocycles. The maximum absolute atomic E-state index is 13.7. The fourth-order valence-electron chi connectivity index (χ4n) is 2.22. The number of amides is 1. The standard InChI is InChI=1S/C14H19FN2O2/c1-3-16-13-8-19-7-10(13)14(18)17-12-5-4-9(2)6-11(12)15/h4-6,10,13,16H,3,7-8H2,1-2H3,(H,17,18). The lowest BCUT2D eigenvalue weighted by molar-refractivity contribution is -0.120. The first-order valence-corrected chi connectivity index (χ1v) is 6.50. The van der Waals surface area contributed by atoms with Gasteiger partial charge in [0.2, 0.25) is 5.91 Å². The Labute approximate surface area is 112 Å². The highest BCUT2D eigenvalue weighted by molar-refractivity contribution is 5.93. The van der Waals surface area contributed by atoms with E-state index in [2.05, 4.69) is 10.6 Å². The zero-order chi connectivity index (χ0) is 13.8. The van der Waals surface area contributed by atoms with Crippen LogP contribution in [0.25, 0.3) is 0 Å². The molecule has 0 spiro atoms. The van der Waals surface area contributed by atoms with Crippen LogP contribution in [0.1, 0.15) is 12.5 Å². The first-order valence-electron chi connectivity index (χ1n) is 6.50. The third kappa shape index (κ3) is 3.30. The summed E-state index contributed by atoms with van der Waals surface area (Å²) in [5.74, 6) is -0.890. The van der Waals surface area contributed by atoms with E-state index in [1.165, 1.54) is 6.07 Å². The molecule has 0 radical (unpaired) electrons. The summed E-state index contributed by atoms with van der Waals surface area (Å²) in [7, 11) is 0. The van der Waals surface area contributed by atoms with E-state index in [4.69, 9.17) is 4.74 Å². The van der Waals surface area contributed by atoms with E-state index >= 15 is 0 Å². The molecular formula is C14H19FN2O2. The van der Waals surface area contributed by atoms with Crippen LogP contribution >= 0.6 is 0 Å². The van der Waals surface area contributed by atoms with E-state index in [1.807, 2.05) is 6.92 Å². The van der Waals surface area contributed by atoms with E-state index in [-0.39, 0.29) is 23.6 Å². The number of anilines is 1. The molecule has 19 heavy (non-hydrogen) atoms. The number of hydrogen-bond donors (Lipinski definition) is 2. The first kappa shape index (κ1) is 14.0. The van der Waals surface area contributed by atoms with Crippen LogP contribution in [0.2, 0.25) is 0 Å². The molecule has 4 nitrogen and oxygen atoms in total. The van der Waals surface area contributed by atoms with Gasteiger partial charge in [0, 0.05) is 6.04 Å². The number of ether oxygens (including phenoxy) is 1. The highest BCUT2D eigenvalue weighted by Crippen LogP contribution is 2.19. The molecule has 1 amide bonds. The van der Waals surface area contributed by atoms with Crippen LogP contribution in [0.15, 0.2) is 18.2 Å². The van der Waals surface area contributed by atoms with E-state index < -0.39 is 5.82 Å². The molecule has 1 aromatic carbocycles. The van der Waals surface area contributed by atoms with Crippen molar-refractivity contribution in [3.8, 4) is 0 Å². The second-order valence-corrected chi connectivity index (χ2v) is 4.78. The Bertz CT molecular complexity index is 465. The molecule has 2 atom stereocenters. The van der Waals surface area contributed by atoms with Crippen molar-refractivity contribution in [2.75, 3.05) is 25.1 Å². The van der Waals surface area contributed by atoms with Crippen LogP contribution in [0.3, 0.4) is 0 Å². The number of benzene rings is 1. The summed E-state index contributed by atoms with van der Waals surface area (Å²) < 4.78 is 19.0. The third-order valence-electron chi connectivity index (χ3n) is 3.27. The third-order valence-corrected chi connectivity index (χ3v) is 3.27. The average molecular weight is 266 g/mol. The molecule has 1 aliphatic heterocycles. The number of nitrogens with one attached hydrogen (secondary N) is 2. The zero-order valence-corrected chi connectivity index (χ0v) is 11.2. The van der Waals surface area contributed by atoms with Gasteiger partial charge in [0.05, 0.1) is 24.8 Å². The molecule has 2 unspecified atom stereocenters. The second-order valence-electron chi connectivity index (χ2n) is 4.78. The maximum atomic E-state index is 13.7. The average Bonchev–Trinajstić information content (AvgIpc) is 2.81. The number of hydrogen-bond acceptors (Lipinski definition) is 3. The van der Waals surface area contributed by atoms with Crippen molar-refractivity contribution in [2.24, 2.45) is 5.92 Å². The number of carbonyl (C=O) groups is 1. The topological polar surface area (TPSA) is 50.4 Å². The molecule has 0 aliphatic carbocycles. The van der Waals surface area contributed by atoms with Gasteiger partial charge >= 0.3 is 0 Å². The monoisotopic (exact) mass is 266 g/mol. The Hall–Kier alpha value is -1.46. The van der Waals surface area contributed by atoms with Crippen molar-refractivity contribution in [3.05, 3.63) is 29.6 Å². The Balaban J connectivity index is 2.04. The summed E-state index contributed by atoms with van der Waals surface area (Å²) in [4.78, 5) is 12.1. The molecular weight excluding hydrogens is 247 g/mol. The van der Waals surface area contributed by atoms with Gasteiger partial charge in [0.25, 0.3) is 0 Å². The van der Waals surface area contributed by atoms with Crippen LogP contribution < -0.4 is 10.6 Å². The number of aryl methyl sites for hydroxylation is 1. The van der Waals surface area contributed by atoms with Crippen molar-refractivity contribution in [1.29, 1.82) is 0 Å². The van der Waals surface area contributed by atoms with Crippen molar-refractivity contribution in [3.63, 3.8) is 0 Å². The summed E-state index contributed by atoms with van der Waals surface area (Å²) in [6, 6.07) is 4.76. The fraction of sp³-hybridized carbons (Fsp3) is 0.500. The summed E-state index contributed by atoms with van der Waals surface area (Å²) in [5, 5.41) is 5.84. The van der Waals surface area contributed by atoms with Crippen LogP contribution in [-0.4, -0.2) is 31.7 Å². The highest BCUT2D eigenvalue weighted by Gasteiger charge is 2.33. The summed E-state index contributed by atoms with van der Waals surface area (Å²) in [6.07, 6.45) is 0. The van der Waals surface area contributed by atoms with Gasteiger partial charge in [0.15, 0.2) is 0 Å². The Morgan fingerprint density at radius 1 is 1.47 bits per heavy atom. The lowest BCUT2D eigenvalue weighted by Gasteiger charge is -2.18. The van der Waals surface area contributed by atoms with E-state index in [0.717, 1.165) is 12.1 Å². The molecule has 2 rings (SSSR count). The number of likely N-dealkylation sites (N-methyl/N-ethyl adjacent to an activating group) is 1. The molecule has 5 heteroatoms. The van der Waals surface area contributed by atoms with E-state index in [1.54, 1.807) is 19.1 Å². The van der Waals surface area contributed by atoms with Gasteiger partial charge in [-0.15, -0.1) is 0 Å². The van der Waals surface area contributed by atoms with Gasteiger partial charge in [-0.05, 0) is 31.2 Å². The molecule has 1 aromatic rings. The summed E-state index contributed by atoms with van der Waals surface area (Å²) in [6.45, 7) is 5.45. The smallest absolute Gasteiger partial charge is 0.231 e. The van der Waals surface area contributed by atoms with Crippen molar-refractivity contribution >= 4 is 11.6 Å². The minimum atomic E-state index is -0.410. The van der Waals surface area contributed by atoms with Gasteiger partial charge in [-0.1, -0.05) is 13.0 Å². The molecule has 0 saturated carbocycles. The number of halogens is 1. The normalized spacial score (nSPS) is 22.5. The molecule has 0 bridgehead atoms. The SMILES string of the molecule is CCNC1COCC1C(=O)Nc1ccc(C)cc1F. The van der Waals surface area contributed by atoms with Gasteiger partial charge in [-0.2, -0.15) is 0 Å². The molecule has 104 valence electrons. The lowest BCUT2D eigenvalue weighted by Crippen LogP contribution is -2.41. The van der Waals surface area contributed by atoms with Gasteiger partial charge in [0.1, 0.15) is 5.82 Å². The van der Waals surface area contributed by atoms with Crippen molar-refractivity contribution in [2.45, 2.75) is 19.9 Å². The number of rotatable bonds is 4. The van der Waals surface area contributed by atoms with Gasteiger partial charge < -0.3 is 15.4 Å². The first-order chi connectivity index (χ1) is 9.11. The van der Waals surface area contributed by atoms with Gasteiger partial charge in [-0.25, -0.2) is 4.39 Å². The molecule has 1 heterocycles.